The third-order valence-electron chi connectivity index (χ3n) is 8.42. The maximum atomic E-state index is 12.5. The Morgan fingerprint density at radius 3 is 1.53 bits per heavy atom. The van der Waals surface area contributed by atoms with E-state index in [4.69, 9.17) is 9.47 Å². The van der Waals surface area contributed by atoms with Crippen molar-refractivity contribution in [2.24, 2.45) is 0 Å². The molecule has 0 aromatic carbocycles. The summed E-state index contributed by atoms with van der Waals surface area (Å²) in [4.78, 5) is 24.4. The van der Waals surface area contributed by atoms with Crippen LogP contribution in [0.1, 0.15) is 214 Å². The summed E-state index contributed by atoms with van der Waals surface area (Å²) in [5.41, 5.74) is 0. The Hall–Kier alpha value is 0.445. The molecule has 5 nitrogen and oxygen atoms in total. The van der Waals surface area contributed by atoms with Crippen LogP contribution in [0.2, 0.25) is 0 Å². The number of allylic oxidation sites excluding steroid dienone is 1. The zero-order valence-electron chi connectivity index (χ0n) is 32.5. The SMILES string of the molecule is C=CC.CCCCCCCC[CH-]OC(=O)CCCNCCCCCCCC(=O)OC(CCCCCCCC)CCCCCCCC.[Rb+]. The first-order valence-corrected chi connectivity index (χ1v) is 20.0. The van der Waals surface area contributed by atoms with E-state index < -0.39 is 0 Å². The summed E-state index contributed by atoms with van der Waals surface area (Å²) in [7, 11) is 0. The Morgan fingerprint density at radius 1 is 0.596 bits per heavy atom. The molecule has 0 heterocycles. The molecular weight excluding hydrogens is 656 g/mol. The Kier molecular flexibility index (Phi) is 51.2. The van der Waals surface area contributed by atoms with Gasteiger partial charge in [-0.15, -0.1) is 13.0 Å². The molecule has 0 aromatic heterocycles. The van der Waals surface area contributed by atoms with E-state index in [-0.39, 0.29) is 76.2 Å². The Bertz CT molecular complexity index is 615. The van der Waals surface area contributed by atoms with Crippen molar-refractivity contribution in [3.63, 3.8) is 0 Å². The number of unbranched alkanes of at least 4 members (excludes halogenated alkanes) is 20. The second-order valence-electron chi connectivity index (χ2n) is 13.2. The van der Waals surface area contributed by atoms with Crippen molar-refractivity contribution in [1.29, 1.82) is 0 Å². The normalized spacial score (nSPS) is 10.7. The topological polar surface area (TPSA) is 64.6 Å². The molecule has 0 aliphatic carbocycles. The van der Waals surface area contributed by atoms with Crippen LogP contribution in [0, 0.1) is 6.61 Å². The maximum absolute atomic E-state index is 12.5. The minimum absolute atomic E-state index is 0. The molecule has 0 amide bonds. The predicted octanol–water partition coefficient (Wildman–Crippen LogP) is 9.76. The van der Waals surface area contributed by atoms with Crippen molar-refractivity contribution in [3.05, 3.63) is 19.3 Å². The minimum atomic E-state index is -0.109. The van der Waals surface area contributed by atoms with Crippen LogP contribution in [0.15, 0.2) is 12.7 Å². The second kappa shape index (κ2) is 46.4. The summed E-state index contributed by atoms with van der Waals surface area (Å²) in [5.74, 6) is -0.0929. The summed E-state index contributed by atoms with van der Waals surface area (Å²) in [6, 6.07) is 0. The molecule has 0 unspecified atom stereocenters. The molecule has 0 bridgehead atoms. The average molecular weight is 737 g/mol. The van der Waals surface area contributed by atoms with E-state index in [1.807, 2.05) is 6.92 Å². The van der Waals surface area contributed by atoms with Gasteiger partial charge in [0.2, 0.25) is 0 Å². The molecule has 0 fully saturated rings. The van der Waals surface area contributed by atoms with Gasteiger partial charge in [-0.1, -0.05) is 149 Å². The van der Waals surface area contributed by atoms with E-state index in [2.05, 4.69) is 32.7 Å². The predicted molar refractivity (Wildman–Crippen MR) is 200 cm³/mol. The molecule has 47 heavy (non-hydrogen) atoms. The van der Waals surface area contributed by atoms with Crippen molar-refractivity contribution in [2.75, 3.05) is 13.1 Å². The monoisotopic (exact) mass is 736 g/mol. The summed E-state index contributed by atoms with van der Waals surface area (Å²) in [6.07, 6.45) is 35.2. The van der Waals surface area contributed by atoms with Crippen LogP contribution < -0.4 is 63.5 Å². The van der Waals surface area contributed by atoms with Gasteiger partial charge in [0.05, 0.1) is 0 Å². The van der Waals surface area contributed by atoms with Crippen LogP contribution in [0.5, 0.6) is 0 Å². The second-order valence-corrected chi connectivity index (χ2v) is 13.2. The maximum Gasteiger partial charge on any atom is 1.00 e. The molecule has 0 saturated carbocycles. The smallest absolute Gasteiger partial charge is 0.637 e. The van der Waals surface area contributed by atoms with Crippen LogP contribution in [0.4, 0.5) is 0 Å². The number of ether oxygens (including phenoxy) is 2. The van der Waals surface area contributed by atoms with Crippen molar-refractivity contribution < 1.29 is 77.3 Å². The number of carbonyl (C=O) groups excluding carboxylic acids is 2. The number of hydrogen-bond acceptors (Lipinski definition) is 5. The fourth-order valence-corrected chi connectivity index (χ4v) is 5.56. The molecule has 0 rings (SSSR count). The molecule has 0 aliphatic heterocycles. The molecule has 0 atom stereocenters. The molecule has 6 heteroatoms. The van der Waals surface area contributed by atoms with Crippen LogP contribution in [0.3, 0.4) is 0 Å². The zero-order valence-corrected chi connectivity index (χ0v) is 37.4. The molecule has 274 valence electrons. The van der Waals surface area contributed by atoms with E-state index in [1.54, 1.807) is 12.7 Å². The van der Waals surface area contributed by atoms with Gasteiger partial charge in [-0.3, -0.25) is 9.59 Å². The Balaban J connectivity index is -0.00000464. The van der Waals surface area contributed by atoms with Gasteiger partial charge in [0, 0.05) is 12.8 Å². The summed E-state index contributed by atoms with van der Waals surface area (Å²) >= 11 is 0. The largest absolute Gasteiger partial charge is 1.00 e. The fourth-order valence-electron chi connectivity index (χ4n) is 5.56. The molecule has 0 aliphatic rings. The van der Waals surface area contributed by atoms with Crippen LogP contribution >= 0.6 is 0 Å². The molecule has 0 aromatic rings. The van der Waals surface area contributed by atoms with Gasteiger partial charge in [0.15, 0.2) is 0 Å². The van der Waals surface area contributed by atoms with Gasteiger partial charge >= 0.3 is 64.2 Å². The van der Waals surface area contributed by atoms with Crippen molar-refractivity contribution in [2.45, 2.75) is 220 Å². The van der Waals surface area contributed by atoms with Crippen molar-refractivity contribution in [3.8, 4) is 0 Å². The minimum Gasteiger partial charge on any atom is -0.637 e. The van der Waals surface area contributed by atoms with E-state index >= 15 is 0 Å². The third-order valence-corrected chi connectivity index (χ3v) is 8.42. The van der Waals surface area contributed by atoms with E-state index in [1.165, 1.54) is 116 Å². The van der Waals surface area contributed by atoms with E-state index in [0.717, 1.165) is 70.9 Å². The molecule has 0 saturated heterocycles. The standard InChI is InChI=1S/C38H74NO4.C3H6.Rb/c1-4-7-10-13-16-22-27-35-42-37(40)32-28-34-39-33-26-21-17-20-25-31-38(41)43-36(29-23-18-14-11-8-5-2)30-24-19-15-12-9-6-3;1-3-2;/h35-36,39H,4-34H2,1-3H3;3H,1H2,2H3;/q-1;;+1. The first-order valence-electron chi connectivity index (χ1n) is 20.0. The molecule has 0 radical (unpaired) electrons. The van der Waals surface area contributed by atoms with Gasteiger partial charge < -0.3 is 14.8 Å². The average Bonchev–Trinajstić information content (AvgIpc) is 3.04. The Labute approximate surface area is 343 Å². The Morgan fingerprint density at radius 2 is 1.00 bits per heavy atom. The number of esters is 2. The van der Waals surface area contributed by atoms with Gasteiger partial charge in [0.1, 0.15) is 6.10 Å². The first-order chi connectivity index (χ1) is 22.5. The van der Waals surface area contributed by atoms with Gasteiger partial charge in [-0.2, -0.15) is 6.61 Å². The quantitative estimate of drug-likeness (QED) is 0.0304. The zero-order chi connectivity index (χ0) is 34.2. The number of carbonyl (C=O) groups is 2. The van der Waals surface area contributed by atoms with Gasteiger partial charge in [-0.25, -0.2) is 0 Å². The number of hydrogen-bond donors (Lipinski definition) is 1. The summed E-state index contributed by atoms with van der Waals surface area (Å²) in [6.45, 7) is 15.5. The third kappa shape index (κ3) is 46.4. The molecule has 1 N–H and O–H groups in total. The molecular formula is C41H80NO4Rb. The summed E-state index contributed by atoms with van der Waals surface area (Å²) < 4.78 is 11.2. The van der Waals surface area contributed by atoms with Gasteiger partial charge in [-0.05, 0) is 65.0 Å². The van der Waals surface area contributed by atoms with Crippen LogP contribution in [-0.2, 0) is 19.1 Å². The van der Waals surface area contributed by atoms with E-state index in [0.29, 0.717) is 12.8 Å². The summed E-state index contributed by atoms with van der Waals surface area (Å²) in [5, 5.41) is 3.44. The number of nitrogens with one attached hydrogen (secondary N) is 1. The fraction of sp³-hybridized carbons (Fsp3) is 0.878. The molecule has 0 spiro atoms. The van der Waals surface area contributed by atoms with Crippen LogP contribution in [-0.4, -0.2) is 31.1 Å². The number of rotatable bonds is 35. The van der Waals surface area contributed by atoms with Crippen molar-refractivity contribution in [1.82, 2.24) is 5.32 Å². The van der Waals surface area contributed by atoms with Gasteiger partial charge in [0.25, 0.3) is 5.97 Å². The first kappa shape index (κ1) is 51.8. The van der Waals surface area contributed by atoms with Crippen LogP contribution in [0.25, 0.3) is 0 Å². The van der Waals surface area contributed by atoms with Crippen molar-refractivity contribution >= 4 is 11.9 Å². The van der Waals surface area contributed by atoms with E-state index in [9.17, 15) is 9.59 Å².